The lowest BCUT2D eigenvalue weighted by atomic mass is 10.2. The highest BCUT2D eigenvalue weighted by atomic mass is 79.9. The minimum absolute atomic E-state index is 0.172. The van der Waals surface area contributed by atoms with Crippen molar-refractivity contribution < 1.29 is 9.21 Å². The molecule has 0 aliphatic heterocycles. The second kappa shape index (κ2) is 4.94. The molecular weight excluding hydrogens is 298 g/mol. The van der Waals surface area contributed by atoms with Crippen molar-refractivity contribution in [3.05, 3.63) is 46.3 Å². The molecule has 0 saturated heterocycles. The van der Waals surface area contributed by atoms with E-state index >= 15 is 0 Å². The number of rotatable bonds is 2. The number of furan rings is 1. The maximum absolute atomic E-state index is 11.8. The first-order valence-electron chi connectivity index (χ1n) is 4.96. The third-order valence-electron chi connectivity index (χ3n) is 2.23. The van der Waals surface area contributed by atoms with E-state index < -0.39 is 5.91 Å². The highest BCUT2D eigenvalue weighted by molar-refractivity contribution is 9.10. The zero-order chi connectivity index (χ0) is 13.1. The van der Waals surface area contributed by atoms with Gasteiger partial charge < -0.3 is 15.5 Å². The Hall–Kier alpha value is -2.26. The van der Waals surface area contributed by atoms with Gasteiger partial charge in [0.15, 0.2) is 10.4 Å². The highest BCUT2D eigenvalue weighted by Gasteiger charge is 2.12. The van der Waals surface area contributed by atoms with Crippen LogP contribution >= 0.6 is 15.9 Å². The van der Waals surface area contributed by atoms with Crippen LogP contribution in [-0.4, -0.2) is 5.91 Å². The van der Waals surface area contributed by atoms with Gasteiger partial charge in [0.2, 0.25) is 0 Å². The highest BCUT2D eigenvalue weighted by Crippen LogP contribution is 2.21. The van der Waals surface area contributed by atoms with Crippen LogP contribution in [0, 0.1) is 11.3 Å². The molecule has 1 amide bonds. The molecule has 0 bridgehead atoms. The van der Waals surface area contributed by atoms with Gasteiger partial charge in [-0.2, -0.15) is 5.26 Å². The molecule has 2 aromatic rings. The average Bonchev–Trinajstić information content (AvgIpc) is 2.78. The van der Waals surface area contributed by atoms with Crippen LogP contribution in [0.2, 0.25) is 0 Å². The summed E-state index contributed by atoms with van der Waals surface area (Å²) in [6, 6.07) is 9.77. The van der Waals surface area contributed by atoms with E-state index in [9.17, 15) is 4.79 Å². The molecule has 1 heterocycles. The Labute approximate surface area is 111 Å². The number of hydrogen-bond donors (Lipinski definition) is 2. The van der Waals surface area contributed by atoms with Gasteiger partial charge in [0.25, 0.3) is 5.91 Å². The molecule has 6 heteroatoms. The van der Waals surface area contributed by atoms with Crippen LogP contribution in [0.5, 0.6) is 0 Å². The summed E-state index contributed by atoms with van der Waals surface area (Å²) < 4.78 is 5.59. The van der Waals surface area contributed by atoms with Crippen LogP contribution in [0.4, 0.5) is 11.4 Å². The van der Waals surface area contributed by atoms with Crippen molar-refractivity contribution in [3.63, 3.8) is 0 Å². The van der Waals surface area contributed by atoms with Crippen molar-refractivity contribution in [1.82, 2.24) is 0 Å². The SMILES string of the molecule is N#Cc1ccc(NC(=O)c2ccc(Br)o2)c(N)c1. The van der Waals surface area contributed by atoms with Gasteiger partial charge in [-0.25, -0.2) is 0 Å². The third-order valence-corrected chi connectivity index (χ3v) is 2.65. The van der Waals surface area contributed by atoms with E-state index in [4.69, 9.17) is 15.4 Å². The van der Waals surface area contributed by atoms with E-state index in [1.165, 1.54) is 6.07 Å². The Morgan fingerprint density at radius 1 is 1.39 bits per heavy atom. The lowest BCUT2D eigenvalue weighted by Crippen LogP contribution is -2.12. The number of nitriles is 1. The fourth-order valence-electron chi connectivity index (χ4n) is 1.37. The van der Waals surface area contributed by atoms with Crippen molar-refractivity contribution in [2.24, 2.45) is 0 Å². The Balaban J connectivity index is 2.20. The Kier molecular flexibility index (Phi) is 3.35. The number of amides is 1. The van der Waals surface area contributed by atoms with Gasteiger partial charge >= 0.3 is 0 Å². The predicted molar refractivity (Wildman–Crippen MR) is 69.9 cm³/mol. The van der Waals surface area contributed by atoms with Crippen LogP contribution in [0.25, 0.3) is 0 Å². The molecule has 0 aliphatic carbocycles. The summed E-state index contributed by atoms with van der Waals surface area (Å²) in [4.78, 5) is 11.8. The fourth-order valence-corrected chi connectivity index (χ4v) is 1.67. The monoisotopic (exact) mass is 305 g/mol. The van der Waals surface area contributed by atoms with Crippen LogP contribution in [0.3, 0.4) is 0 Å². The average molecular weight is 306 g/mol. The molecule has 1 aromatic heterocycles. The molecule has 1 aromatic carbocycles. The van der Waals surface area contributed by atoms with Crippen LogP contribution < -0.4 is 11.1 Å². The molecule has 90 valence electrons. The smallest absolute Gasteiger partial charge is 0.291 e. The Morgan fingerprint density at radius 2 is 2.17 bits per heavy atom. The molecule has 0 saturated carbocycles. The Morgan fingerprint density at radius 3 is 2.72 bits per heavy atom. The molecular formula is C12H8BrN3O2. The van der Waals surface area contributed by atoms with Gasteiger partial charge in [0.05, 0.1) is 23.0 Å². The van der Waals surface area contributed by atoms with Gasteiger partial charge in [-0.05, 0) is 46.3 Å². The second-order valence-corrected chi connectivity index (χ2v) is 4.25. The largest absolute Gasteiger partial charge is 0.444 e. The predicted octanol–water partition coefficient (Wildman–Crippen LogP) is 2.75. The number of benzene rings is 1. The lowest BCUT2D eigenvalue weighted by molar-refractivity contribution is 0.0995. The van der Waals surface area contributed by atoms with E-state index in [0.717, 1.165) is 0 Å². The fraction of sp³-hybridized carbons (Fsp3) is 0. The summed E-state index contributed by atoms with van der Waals surface area (Å²) in [5.74, 6) is -0.234. The van der Waals surface area contributed by atoms with Gasteiger partial charge in [0.1, 0.15) is 0 Å². The molecule has 0 aliphatic rings. The quantitative estimate of drug-likeness (QED) is 0.834. The second-order valence-electron chi connectivity index (χ2n) is 3.47. The minimum Gasteiger partial charge on any atom is -0.444 e. The van der Waals surface area contributed by atoms with E-state index in [2.05, 4.69) is 21.2 Å². The van der Waals surface area contributed by atoms with Crippen molar-refractivity contribution >= 4 is 33.2 Å². The molecule has 0 unspecified atom stereocenters. The maximum Gasteiger partial charge on any atom is 0.291 e. The number of anilines is 2. The minimum atomic E-state index is -0.405. The van der Waals surface area contributed by atoms with Crippen molar-refractivity contribution in [2.75, 3.05) is 11.1 Å². The molecule has 2 rings (SSSR count). The summed E-state index contributed by atoms with van der Waals surface area (Å²) in [6.07, 6.45) is 0. The first-order chi connectivity index (χ1) is 8.60. The van der Waals surface area contributed by atoms with Gasteiger partial charge in [-0.1, -0.05) is 0 Å². The van der Waals surface area contributed by atoms with Crippen LogP contribution in [0.15, 0.2) is 39.4 Å². The Bertz CT molecular complexity index is 643. The number of hydrogen-bond acceptors (Lipinski definition) is 4. The number of halogens is 1. The summed E-state index contributed by atoms with van der Waals surface area (Å²) in [6.45, 7) is 0. The van der Waals surface area contributed by atoms with E-state index in [1.54, 1.807) is 24.3 Å². The van der Waals surface area contributed by atoms with Gasteiger partial charge in [-0.3, -0.25) is 4.79 Å². The van der Waals surface area contributed by atoms with Gasteiger partial charge in [-0.15, -0.1) is 0 Å². The normalized spacial score (nSPS) is 9.78. The van der Waals surface area contributed by atoms with Crippen molar-refractivity contribution in [2.45, 2.75) is 0 Å². The van der Waals surface area contributed by atoms with E-state index in [0.29, 0.717) is 21.6 Å². The number of nitrogens with zero attached hydrogens (tertiary/aromatic N) is 1. The standard InChI is InChI=1S/C12H8BrN3O2/c13-11-4-3-10(18-11)12(17)16-9-2-1-7(6-14)5-8(9)15/h1-5H,15H2,(H,16,17). The topological polar surface area (TPSA) is 92.0 Å². The van der Waals surface area contributed by atoms with Crippen molar-refractivity contribution in [3.8, 4) is 6.07 Å². The van der Waals surface area contributed by atoms with Gasteiger partial charge in [0, 0.05) is 0 Å². The molecule has 0 atom stereocenters. The summed E-state index contributed by atoms with van der Waals surface area (Å²) >= 11 is 3.11. The molecule has 18 heavy (non-hydrogen) atoms. The number of carbonyl (C=O) groups is 1. The molecule has 3 N–H and O–H groups in total. The number of nitrogens with one attached hydrogen (secondary N) is 1. The molecule has 5 nitrogen and oxygen atoms in total. The summed E-state index contributed by atoms with van der Waals surface area (Å²) in [7, 11) is 0. The molecule has 0 spiro atoms. The van der Waals surface area contributed by atoms with E-state index in [-0.39, 0.29) is 5.76 Å². The first kappa shape index (κ1) is 12.2. The van der Waals surface area contributed by atoms with Crippen molar-refractivity contribution in [1.29, 1.82) is 5.26 Å². The molecule has 0 fully saturated rings. The number of carbonyl (C=O) groups excluding carboxylic acids is 1. The first-order valence-corrected chi connectivity index (χ1v) is 5.76. The van der Waals surface area contributed by atoms with E-state index in [1.807, 2.05) is 6.07 Å². The molecule has 0 radical (unpaired) electrons. The number of nitrogen functional groups attached to an aromatic ring is 1. The maximum atomic E-state index is 11.8. The zero-order valence-electron chi connectivity index (χ0n) is 9.11. The van der Waals surface area contributed by atoms with Crippen LogP contribution in [-0.2, 0) is 0 Å². The zero-order valence-corrected chi connectivity index (χ0v) is 10.7. The summed E-state index contributed by atoms with van der Waals surface area (Å²) in [5.41, 5.74) is 6.92. The summed E-state index contributed by atoms with van der Waals surface area (Å²) in [5, 5.41) is 11.3. The lowest BCUT2D eigenvalue weighted by Gasteiger charge is -2.06. The number of nitrogens with two attached hydrogens (primary N) is 1. The third kappa shape index (κ3) is 2.52. The van der Waals surface area contributed by atoms with Crippen LogP contribution in [0.1, 0.15) is 16.1 Å².